The van der Waals surface area contributed by atoms with Gasteiger partial charge in [0.15, 0.2) is 5.58 Å². The van der Waals surface area contributed by atoms with Crippen molar-refractivity contribution < 1.29 is 9.21 Å². The average molecular weight is 288 g/mol. The lowest BCUT2D eigenvalue weighted by Gasteiger charge is -2.32. The molecule has 3 rings (SSSR count). The van der Waals surface area contributed by atoms with Gasteiger partial charge in [-0.05, 0) is 37.8 Å². The maximum Gasteiger partial charge on any atom is 0.420 e. The van der Waals surface area contributed by atoms with Crippen molar-refractivity contribution in [2.24, 2.45) is 5.92 Å². The van der Waals surface area contributed by atoms with Gasteiger partial charge in [0.2, 0.25) is 5.91 Å². The molecule has 1 unspecified atom stereocenters. The highest BCUT2D eigenvalue weighted by Crippen LogP contribution is 2.21. The van der Waals surface area contributed by atoms with Crippen LogP contribution in [0.15, 0.2) is 33.5 Å². The zero-order valence-electron chi connectivity index (χ0n) is 12.4. The lowest BCUT2D eigenvalue weighted by atomic mass is 9.99. The van der Waals surface area contributed by atoms with Gasteiger partial charge in [-0.1, -0.05) is 19.1 Å². The first-order valence-electron chi connectivity index (χ1n) is 7.47. The predicted octanol–water partition coefficient (Wildman–Crippen LogP) is 2.41. The molecule has 112 valence electrons. The van der Waals surface area contributed by atoms with E-state index in [0.29, 0.717) is 17.0 Å². The number of oxazole rings is 1. The summed E-state index contributed by atoms with van der Waals surface area (Å²) in [4.78, 5) is 26.5. The largest absolute Gasteiger partial charge is 0.420 e. The van der Waals surface area contributed by atoms with Crippen LogP contribution < -0.4 is 5.76 Å². The third-order valence-electron chi connectivity index (χ3n) is 4.36. The van der Waals surface area contributed by atoms with Crippen molar-refractivity contribution in [1.82, 2.24) is 9.47 Å². The smallest absolute Gasteiger partial charge is 0.408 e. The molecule has 1 saturated heterocycles. The molecule has 0 radical (unpaired) electrons. The van der Waals surface area contributed by atoms with Gasteiger partial charge in [0.05, 0.1) is 5.52 Å². The van der Waals surface area contributed by atoms with Crippen LogP contribution in [0.1, 0.15) is 32.7 Å². The monoisotopic (exact) mass is 288 g/mol. The number of carbonyl (C=O) groups is 1. The molecule has 0 saturated carbocycles. The molecule has 5 heteroatoms. The van der Waals surface area contributed by atoms with Crippen LogP contribution in [0.4, 0.5) is 0 Å². The quantitative estimate of drug-likeness (QED) is 0.852. The summed E-state index contributed by atoms with van der Waals surface area (Å²) >= 11 is 0. The molecular formula is C16H20N2O3. The van der Waals surface area contributed by atoms with Gasteiger partial charge in [-0.2, -0.15) is 0 Å². The Bertz CT molecular complexity index is 708. The van der Waals surface area contributed by atoms with E-state index in [-0.39, 0.29) is 5.91 Å². The molecule has 1 aromatic carbocycles. The second-order valence-corrected chi connectivity index (χ2v) is 5.89. The first kappa shape index (κ1) is 13.9. The van der Waals surface area contributed by atoms with E-state index in [4.69, 9.17) is 4.42 Å². The van der Waals surface area contributed by atoms with Crippen molar-refractivity contribution >= 4 is 17.0 Å². The van der Waals surface area contributed by atoms with Gasteiger partial charge in [0, 0.05) is 13.1 Å². The van der Waals surface area contributed by atoms with E-state index < -0.39 is 11.8 Å². The maximum absolute atomic E-state index is 12.6. The van der Waals surface area contributed by atoms with Gasteiger partial charge in [-0.25, -0.2) is 4.79 Å². The molecule has 0 spiro atoms. The van der Waals surface area contributed by atoms with E-state index in [1.54, 1.807) is 13.0 Å². The highest BCUT2D eigenvalue weighted by molar-refractivity contribution is 5.83. The number of amides is 1. The van der Waals surface area contributed by atoms with E-state index in [9.17, 15) is 9.59 Å². The van der Waals surface area contributed by atoms with Crippen molar-refractivity contribution in [1.29, 1.82) is 0 Å². The van der Waals surface area contributed by atoms with Gasteiger partial charge in [-0.15, -0.1) is 0 Å². The summed E-state index contributed by atoms with van der Waals surface area (Å²) in [6.45, 7) is 5.52. The standard InChI is InChI=1S/C16H20N2O3/c1-11-7-9-17(10-8-11)15(19)12(2)18-13-5-3-4-6-14(13)21-16(18)20/h3-6,11-12H,7-10H2,1-2H3. The number of para-hydroxylation sites is 2. The molecule has 5 nitrogen and oxygen atoms in total. The van der Waals surface area contributed by atoms with E-state index in [1.807, 2.05) is 23.1 Å². The van der Waals surface area contributed by atoms with Gasteiger partial charge < -0.3 is 9.32 Å². The molecule has 2 aromatic rings. The third-order valence-corrected chi connectivity index (χ3v) is 4.36. The molecule has 0 bridgehead atoms. The summed E-state index contributed by atoms with van der Waals surface area (Å²) in [7, 11) is 0. The Kier molecular flexibility index (Phi) is 3.57. The number of nitrogens with zero attached hydrogens (tertiary/aromatic N) is 2. The number of carbonyl (C=O) groups excluding carboxylic acids is 1. The third kappa shape index (κ3) is 2.48. The van der Waals surface area contributed by atoms with Gasteiger partial charge >= 0.3 is 5.76 Å². The van der Waals surface area contributed by atoms with Crippen LogP contribution in [0.5, 0.6) is 0 Å². The molecule has 1 atom stereocenters. The summed E-state index contributed by atoms with van der Waals surface area (Å²) in [5.74, 6) is 0.194. The van der Waals surface area contributed by atoms with E-state index in [2.05, 4.69) is 6.92 Å². The van der Waals surface area contributed by atoms with Crippen LogP contribution in [0.25, 0.3) is 11.1 Å². The molecule has 1 aliphatic heterocycles. The van der Waals surface area contributed by atoms with Crippen molar-refractivity contribution in [2.45, 2.75) is 32.7 Å². The highest BCUT2D eigenvalue weighted by Gasteiger charge is 2.27. The van der Waals surface area contributed by atoms with Gasteiger partial charge in [0.1, 0.15) is 6.04 Å². The van der Waals surface area contributed by atoms with Crippen molar-refractivity contribution in [3.63, 3.8) is 0 Å². The summed E-state index contributed by atoms with van der Waals surface area (Å²) < 4.78 is 6.67. The van der Waals surface area contributed by atoms with Crippen molar-refractivity contribution in [3.8, 4) is 0 Å². The number of benzene rings is 1. The Balaban J connectivity index is 1.90. The van der Waals surface area contributed by atoms with Crippen LogP contribution in [-0.2, 0) is 4.79 Å². The molecule has 1 amide bonds. The fourth-order valence-corrected chi connectivity index (χ4v) is 2.95. The minimum atomic E-state index is -0.533. The van der Waals surface area contributed by atoms with E-state index in [1.165, 1.54) is 4.57 Å². The SMILES string of the molecule is CC1CCN(C(=O)C(C)n2c(=O)oc3ccccc32)CC1. The van der Waals surface area contributed by atoms with Crippen LogP contribution in [0, 0.1) is 5.92 Å². The molecular weight excluding hydrogens is 268 g/mol. The number of hydrogen-bond donors (Lipinski definition) is 0. The van der Waals surface area contributed by atoms with Crippen molar-refractivity contribution in [2.75, 3.05) is 13.1 Å². The first-order chi connectivity index (χ1) is 10.1. The molecule has 1 aliphatic rings. The molecule has 1 fully saturated rings. The summed E-state index contributed by atoms with van der Waals surface area (Å²) in [6.07, 6.45) is 2.05. The summed E-state index contributed by atoms with van der Waals surface area (Å²) in [5, 5.41) is 0. The zero-order chi connectivity index (χ0) is 15.0. The molecule has 0 N–H and O–H groups in total. The predicted molar refractivity (Wildman–Crippen MR) is 80.2 cm³/mol. The molecule has 0 aliphatic carbocycles. The zero-order valence-corrected chi connectivity index (χ0v) is 12.4. The normalized spacial score (nSPS) is 18.1. The second kappa shape index (κ2) is 5.39. The number of rotatable bonds is 2. The fraction of sp³-hybridized carbons (Fsp3) is 0.500. The number of fused-ring (bicyclic) bond motifs is 1. The van der Waals surface area contributed by atoms with Crippen LogP contribution >= 0.6 is 0 Å². The number of hydrogen-bond acceptors (Lipinski definition) is 3. The summed E-state index contributed by atoms with van der Waals surface area (Å²) in [5.41, 5.74) is 1.20. The summed E-state index contributed by atoms with van der Waals surface area (Å²) in [6, 6.07) is 6.67. The minimum absolute atomic E-state index is 0.00412. The van der Waals surface area contributed by atoms with Crippen molar-refractivity contribution in [3.05, 3.63) is 34.8 Å². The molecule has 2 heterocycles. The van der Waals surface area contributed by atoms with Crippen LogP contribution in [0.2, 0.25) is 0 Å². The van der Waals surface area contributed by atoms with Crippen LogP contribution in [0.3, 0.4) is 0 Å². The lowest BCUT2D eigenvalue weighted by Crippen LogP contribution is -2.42. The Morgan fingerprint density at radius 3 is 2.67 bits per heavy atom. The maximum atomic E-state index is 12.6. The van der Waals surface area contributed by atoms with E-state index in [0.717, 1.165) is 25.9 Å². The van der Waals surface area contributed by atoms with Gasteiger partial charge in [0.25, 0.3) is 0 Å². The first-order valence-corrected chi connectivity index (χ1v) is 7.47. The number of likely N-dealkylation sites (tertiary alicyclic amines) is 1. The average Bonchev–Trinajstić information content (AvgIpc) is 2.82. The Labute approximate surface area is 123 Å². The Morgan fingerprint density at radius 1 is 1.29 bits per heavy atom. The van der Waals surface area contributed by atoms with E-state index >= 15 is 0 Å². The van der Waals surface area contributed by atoms with Crippen LogP contribution in [-0.4, -0.2) is 28.5 Å². The molecule has 1 aromatic heterocycles. The van der Waals surface area contributed by atoms with Gasteiger partial charge in [-0.3, -0.25) is 9.36 Å². The Morgan fingerprint density at radius 2 is 1.95 bits per heavy atom. The number of piperidine rings is 1. The molecule has 21 heavy (non-hydrogen) atoms. The fourth-order valence-electron chi connectivity index (χ4n) is 2.95. The topological polar surface area (TPSA) is 55.5 Å². The second-order valence-electron chi connectivity index (χ2n) is 5.89. The minimum Gasteiger partial charge on any atom is -0.408 e. The number of aromatic nitrogens is 1. The lowest BCUT2D eigenvalue weighted by molar-refractivity contribution is -0.135. The Hall–Kier alpha value is -2.04. The highest BCUT2D eigenvalue weighted by atomic mass is 16.4.